The number of nitrogens with one attached hydrogen (secondary N) is 1. The predicted molar refractivity (Wildman–Crippen MR) is 97.2 cm³/mol. The molecule has 2 amide bonds. The Morgan fingerprint density at radius 2 is 1.84 bits per heavy atom. The minimum absolute atomic E-state index is 0.179. The molecule has 7 nitrogen and oxygen atoms in total. The Kier molecular flexibility index (Phi) is 6.68. The van der Waals surface area contributed by atoms with Crippen molar-refractivity contribution in [2.45, 2.75) is 77.1 Å². The van der Waals surface area contributed by atoms with Crippen LogP contribution in [0.4, 0.5) is 4.79 Å². The first-order valence-electron chi connectivity index (χ1n) is 9.42. The third kappa shape index (κ3) is 6.15. The maximum absolute atomic E-state index is 12.4. The second-order valence-corrected chi connectivity index (χ2v) is 8.36. The Balaban J connectivity index is 1.82. The normalized spacial score (nSPS) is 24.3. The molecule has 0 saturated carbocycles. The highest BCUT2D eigenvalue weighted by Crippen LogP contribution is 2.24. The van der Waals surface area contributed by atoms with Crippen LogP contribution in [-0.2, 0) is 9.53 Å². The maximum atomic E-state index is 12.4. The van der Waals surface area contributed by atoms with Crippen molar-refractivity contribution >= 4 is 12.0 Å². The van der Waals surface area contributed by atoms with Gasteiger partial charge in [0.2, 0.25) is 5.91 Å². The van der Waals surface area contributed by atoms with Gasteiger partial charge < -0.3 is 20.7 Å². The van der Waals surface area contributed by atoms with Crippen molar-refractivity contribution in [3.63, 3.8) is 0 Å². The lowest BCUT2D eigenvalue weighted by Crippen LogP contribution is -2.53. The number of primary amides is 1. The average molecular weight is 354 g/mol. The highest BCUT2D eigenvalue weighted by atomic mass is 16.6. The quantitative estimate of drug-likeness (QED) is 0.777. The van der Waals surface area contributed by atoms with Gasteiger partial charge in [-0.3, -0.25) is 9.69 Å². The third-order valence-electron chi connectivity index (χ3n) is 4.97. The van der Waals surface area contributed by atoms with Gasteiger partial charge in [-0.05, 0) is 53.4 Å². The summed E-state index contributed by atoms with van der Waals surface area (Å²) < 4.78 is 5.55. The van der Waals surface area contributed by atoms with E-state index >= 15 is 0 Å². The molecule has 144 valence electrons. The molecule has 7 heteroatoms. The third-order valence-corrected chi connectivity index (χ3v) is 4.97. The van der Waals surface area contributed by atoms with Crippen molar-refractivity contribution < 1.29 is 14.3 Å². The van der Waals surface area contributed by atoms with Gasteiger partial charge in [0.25, 0.3) is 0 Å². The molecule has 0 aromatic rings. The molecule has 2 aliphatic rings. The molecule has 0 aromatic carbocycles. The first-order chi connectivity index (χ1) is 11.7. The van der Waals surface area contributed by atoms with Gasteiger partial charge in [0.15, 0.2) is 0 Å². The Labute approximate surface area is 151 Å². The van der Waals surface area contributed by atoms with Crippen LogP contribution in [0.15, 0.2) is 0 Å². The standard InChI is InChI=1S/C18H34N4O3/c1-13(20-14-7-10-21(11-8-14)12-16(19)23)15-6-5-9-22(15)17(24)25-18(2,3)4/h13-15,20H,5-12H2,1-4H3,(H2,19,23). The molecule has 2 heterocycles. The number of hydrogen-bond acceptors (Lipinski definition) is 5. The second kappa shape index (κ2) is 8.36. The van der Waals surface area contributed by atoms with E-state index < -0.39 is 5.60 Å². The summed E-state index contributed by atoms with van der Waals surface area (Å²) in [5.41, 5.74) is 4.80. The fraction of sp³-hybridized carbons (Fsp3) is 0.889. The average Bonchev–Trinajstić information content (AvgIpc) is 2.96. The van der Waals surface area contributed by atoms with Crippen molar-refractivity contribution in [2.24, 2.45) is 5.73 Å². The van der Waals surface area contributed by atoms with Gasteiger partial charge >= 0.3 is 6.09 Å². The van der Waals surface area contributed by atoms with Crippen molar-refractivity contribution in [3.05, 3.63) is 0 Å². The van der Waals surface area contributed by atoms with E-state index in [0.717, 1.165) is 45.3 Å². The number of likely N-dealkylation sites (tertiary alicyclic amines) is 2. The van der Waals surface area contributed by atoms with E-state index in [4.69, 9.17) is 10.5 Å². The molecule has 0 aromatic heterocycles. The molecular formula is C18H34N4O3. The van der Waals surface area contributed by atoms with Crippen molar-refractivity contribution in [2.75, 3.05) is 26.2 Å². The Morgan fingerprint density at radius 3 is 2.40 bits per heavy atom. The van der Waals surface area contributed by atoms with Crippen LogP contribution in [0.1, 0.15) is 53.4 Å². The molecule has 0 bridgehead atoms. The molecule has 2 fully saturated rings. The summed E-state index contributed by atoms with van der Waals surface area (Å²) in [6, 6.07) is 0.821. The summed E-state index contributed by atoms with van der Waals surface area (Å²) in [7, 11) is 0. The fourth-order valence-corrected chi connectivity index (χ4v) is 3.82. The lowest BCUT2D eigenvalue weighted by Gasteiger charge is -2.37. The number of hydrogen-bond donors (Lipinski definition) is 2. The van der Waals surface area contributed by atoms with Crippen LogP contribution in [0.3, 0.4) is 0 Å². The number of nitrogens with zero attached hydrogens (tertiary/aromatic N) is 2. The van der Waals surface area contributed by atoms with Crippen molar-refractivity contribution in [1.82, 2.24) is 15.1 Å². The van der Waals surface area contributed by atoms with E-state index in [-0.39, 0.29) is 24.1 Å². The van der Waals surface area contributed by atoms with Crippen LogP contribution in [0.5, 0.6) is 0 Å². The van der Waals surface area contributed by atoms with Crippen molar-refractivity contribution in [1.29, 1.82) is 0 Å². The molecule has 2 saturated heterocycles. The topological polar surface area (TPSA) is 87.9 Å². The van der Waals surface area contributed by atoms with Crippen LogP contribution in [-0.4, -0.2) is 71.7 Å². The lowest BCUT2D eigenvalue weighted by atomic mass is 10.0. The maximum Gasteiger partial charge on any atom is 0.410 e. The van der Waals surface area contributed by atoms with Gasteiger partial charge in [-0.1, -0.05) is 0 Å². The molecule has 2 unspecified atom stereocenters. The van der Waals surface area contributed by atoms with Crippen LogP contribution in [0.25, 0.3) is 0 Å². The molecule has 2 atom stereocenters. The Bertz CT molecular complexity index is 469. The molecule has 0 spiro atoms. The van der Waals surface area contributed by atoms with E-state index in [1.165, 1.54) is 0 Å². The summed E-state index contributed by atoms with van der Waals surface area (Å²) >= 11 is 0. The second-order valence-electron chi connectivity index (χ2n) is 8.36. The summed E-state index contributed by atoms with van der Waals surface area (Å²) in [6.07, 6.45) is 3.81. The molecule has 2 rings (SSSR count). The summed E-state index contributed by atoms with van der Waals surface area (Å²) in [4.78, 5) is 27.4. The zero-order valence-electron chi connectivity index (χ0n) is 16.1. The highest BCUT2D eigenvalue weighted by molar-refractivity contribution is 5.75. The van der Waals surface area contributed by atoms with Crippen LogP contribution >= 0.6 is 0 Å². The number of ether oxygens (including phenoxy) is 1. The van der Waals surface area contributed by atoms with E-state index in [9.17, 15) is 9.59 Å². The fourth-order valence-electron chi connectivity index (χ4n) is 3.82. The zero-order chi connectivity index (χ0) is 18.6. The van der Waals surface area contributed by atoms with E-state index in [1.54, 1.807) is 0 Å². The summed E-state index contributed by atoms with van der Waals surface area (Å²) in [6.45, 7) is 10.7. The number of carbonyl (C=O) groups excluding carboxylic acids is 2. The molecule has 25 heavy (non-hydrogen) atoms. The molecule has 2 aliphatic heterocycles. The number of nitrogens with two attached hydrogens (primary N) is 1. The number of carbonyl (C=O) groups is 2. The smallest absolute Gasteiger partial charge is 0.410 e. The van der Waals surface area contributed by atoms with E-state index in [2.05, 4.69) is 17.1 Å². The van der Waals surface area contributed by atoms with Crippen LogP contribution < -0.4 is 11.1 Å². The molecule has 3 N–H and O–H groups in total. The predicted octanol–water partition coefficient (Wildman–Crippen LogP) is 1.31. The Hall–Kier alpha value is -1.34. The highest BCUT2D eigenvalue weighted by Gasteiger charge is 2.36. The minimum atomic E-state index is -0.464. The van der Waals surface area contributed by atoms with Crippen LogP contribution in [0, 0.1) is 0 Å². The van der Waals surface area contributed by atoms with E-state index in [1.807, 2.05) is 25.7 Å². The first kappa shape index (κ1) is 20.0. The SMILES string of the molecule is CC(NC1CCN(CC(N)=O)CC1)C1CCCN1C(=O)OC(C)(C)C. The van der Waals surface area contributed by atoms with Gasteiger partial charge in [-0.25, -0.2) is 4.79 Å². The van der Waals surface area contributed by atoms with Gasteiger partial charge in [0, 0.05) is 31.7 Å². The number of amides is 2. The molecule has 0 radical (unpaired) electrons. The number of rotatable bonds is 5. The van der Waals surface area contributed by atoms with Crippen molar-refractivity contribution in [3.8, 4) is 0 Å². The molecular weight excluding hydrogens is 320 g/mol. The van der Waals surface area contributed by atoms with Gasteiger partial charge in [-0.2, -0.15) is 0 Å². The minimum Gasteiger partial charge on any atom is -0.444 e. The van der Waals surface area contributed by atoms with Gasteiger partial charge in [0.05, 0.1) is 12.6 Å². The van der Waals surface area contributed by atoms with Crippen LogP contribution in [0.2, 0.25) is 0 Å². The van der Waals surface area contributed by atoms with E-state index in [0.29, 0.717) is 12.6 Å². The summed E-state index contributed by atoms with van der Waals surface area (Å²) in [5, 5.41) is 3.69. The lowest BCUT2D eigenvalue weighted by molar-refractivity contribution is -0.119. The largest absolute Gasteiger partial charge is 0.444 e. The first-order valence-corrected chi connectivity index (χ1v) is 9.42. The molecule has 0 aliphatic carbocycles. The number of piperidine rings is 1. The van der Waals surface area contributed by atoms with Gasteiger partial charge in [-0.15, -0.1) is 0 Å². The van der Waals surface area contributed by atoms with Gasteiger partial charge in [0.1, 0.15) is 5.60 Å². The monoisotopic (exact) mass is 354 g/mol. The zero-order valence-corrected chi connectivity index (χ0v) is 16.1. The summed E-state index contributed by atoms with van der Waals surface area (Å²) in [5.74, 6) is -0.265. The Morgan fingerprint density at radius 1 is 1.20 bits per heavy atom.